The highest BCUT2D eigenvalue weighted by atomic mass is 32.2. The Hall–Kier alpha value is -2.25. The summed E-state index contributed by atoms with van der Waals surface area (Å²) in [4.78, 5) is 22.9. The van der Waals surface area contributed by atoms with E-state index in [0.29, 0.717) is 6.42 Å². The van der Waals surface area contributed by atoms with E-state index in [2.05, 4.69) is 30.0 Å². The molecule has 3 aromatic rings. The minimum atomic E-state index is 0.245. The molecule has 1 aliphatic heterocycles. The first-order valence-electron chi connectivity index (χ1n) is 9.80. The van der Waals surface area contributed by atoms with Crippen molar-refractivity contribution in [2.75, 3.05) is 43.9 Å². The van der Waals surface area contributed by atoms with Crippen LogP contribution in [0.4, 0.5) is 5.13 Å². The first-order valence-corrected chi connectivity index (χ1v) is 11.6. The Labute approximate surface area is 179 Å². The number of aromatic nitrogens is 1. The molecule has 1 aliphatic rings. The number of fused-ring (bicyclic) bond motifs is 1. The van der Waals surface area contributed by atoms with Crippen LogP contribution in [0.2, 0.25) is 0 Å². The Morgan fingerprint density at radius 1 is 1.14 bits per heavy atom. The third-order valence-corrected chi connectivity index (χ3v) is 7.41. The van der Waals surface area contributed by atoms with Crippen LogP contribution in [0.15, 0.2) is 47.4 Å². The zero-order valence-electron chi connectivity index (χ0n) is 16.8. The van der Waals surface area contributed by atoms with Gasteiger partial charge in [0.2, 0.25) is 5.91 Å². The largest absolute Gasteiger partial charge is 0.494 e. The molecule has 0 saturated carbocycles. The lowest BCUT2D eigenvalue weighted by Crippen LogP contribution is -2.48. The molecule has 5 nitrogen and oxygen atoms in total. The highest BCUT2D eigenvalue weighted by Gasteiger charge is 2.23. The van der Waals surface area contributed by atoms with Gasteiger partial charge >= 0.3 is 0 Å². The lowest BCUT2D eigenvalue weighted by molar-refractivity contribution is -0.131. The Balaban J connectivity index is 1.33. The van der Waals surface area contributed by atoms with E-state index in [1.165, 1.54) is 15.2 Å². The van der Waals surface area contributed by atoms with Gasteiger partial charge in [-0.15, -0.1) is 11.8 Å². The molecule has 1 fully saturated rings. The normalized spacial score (nSPS) is 14.4. The molecule has 0 radical (unpaired) electrons. The predicted molar refractivity (Wildman–Crippen MR) is 121 cm³/mol. The number of piperazine rings is 1. The molecule has 1 amide bonds. The average Bonchev–Trinajstić information content (AvgIpc) is 3.21. The lowest BCUT2D eigenvalue weighted by atomic mass is 10.2. The van der Waals surface area contributed by atoms with Crippen molar-refractivity contribution >= 4 is 44.4 Å². The first kappa shape index (κ1) is 20.0. The van der Waals surface area contributed by atoms with Crippen molar-refractivity contribution in [2.45, 2.75) is 18.2 Å². The molecule has 2 heterocycles. The second-order valence-corrected chi connectivity index (χ2v) is 9.18. The molecule has 1 aromatic heterocycles. The van der Waals surface area contributed by atoms with Gasteiger partial charge in [-0.1, -0.05) is 35.6 Å². The van der Waals surface area contributed by atoms with Crippen molar-refractivity contribution in [1.82, 2.24) is 9.88 Å². The molecule has 29 heavy (non-hydrogen) atoms. The fourth-order valence-electron chi connectivity index (χ4n) is 3.48. The van der Waals surface area contributed by atoms with Crippen LogP contribution in [-0.4, -0.2) is 54.8 Å². The highest BCUT2D eigenvalue weighted by molar-refractivity contribution is 7.99. The average molecular weight is 428 g/mol. The van der Waals surface area contributed by atoms with Crippen molar-refractivity contribution in [2.24, 2.45) is 0 Å². The van der Waals surface area contributed by atoms with Crippen molar-refractivity contribution in [3.63, 3.8) is 0 Å². The lowest BCUT2D eigenvalue weighted by Gasteiger charge is -2.34. The summed E-state index contributed by atoms with van der Waals surface area (Å²) in [5, 5.41) is 1.01. The SMILES string of the molecule is COc1ccc(C)c2sc(N3CCN(C(=O)CCSc4ccccc4)CC3)nc12. The zero-order valence-corrected chi connectivity index (χ0v) is 18.4. The van der Waals surface area contributed by atoms with E-state index in [1.807, 2.05) is 29.2 Å². The second kappa shape index (κ2) is 9.05. The molecule has 2 aromatic carbocycles. The van der Waals surface area contributed by atoms with Crippen LogP contribution in [0.3, 0.4) is 0 Å². The van der Waals surface area contributed by atoms with E-state index in [4.69, 9.17) is 9.72 Å². The minimum Gasteiger partial charge on any atom is -0.494 e. The maximum Gasteiger partial charge on any atom is 0.223 e. The smallest absolute Gasteiger partial charge is 0.223 e. The van der Waals surface area contributed by atoms with E-state index in [9.17, 15) is 4.79 Å². The highest BCUT2D eigenvalue weighted by Crippen LogP contribution is 2.36. The molecule has 0 bridgehead atoms. The predicted octanol–water partition coefficient (Wildman–Crippen LogP) is 4.44. The Bertz CT molecular complexity index is 982. The van der Waals surface area contributed by atoms with Gasteiger partial charge in [0.15, 0.2) is 5.13 Å². The third kappa shape index (κ3) is 4.51. The van der Waals surface area contributed by atoms with Crippen LogP contribution in [-0.2, 0) is 4.79 Å². The molecule has 7 heteroatoms. The molecule has 0 atom stereocenters. The molecule has 152 valence electrons. The number of hydrogen-bond donors (Lipinski definition) is 0. The number of anilines is 1. The number of thioether (sulfide) groups is 1. The number of methoxy groups -OCH3 is 1. The summed E-state index contributed by atoms with van der Waals surface area (Å²) in [6.45, 7) is 5.24. The Morgan fingerprint density at radius 2 is 1.90 bits per heavy atom. The minimum absolute atomic E-state index is 0.245. The summed E-state index contributed by atoms with van der Waals surface area (Å²) in [5.74, 6) is 1.88. The number of hydrogen-bond acceptors (Lipinski definition) is 6. The van der Waals surface area contributed by atoms with E-state index in [1.54, 1.807) is 30.2 Å². The fraction of sp³-hybridized carbons (Fsp3) is 0.364. The van der Waals surface area contributed by atoms with Crippen molar-refractivity contribution in [1.29, 1.82) is 0 Å². The Kier molecular flexibility index (Phi) is 6.25. The standard InChI is InChI=1S/C22H25N3O2S2/c1-16-8-9-18(27-2)20-21(16)29-22(23-20)25-13-11-24(12-14-25)19(26)10-15-28-17-6-4-3-5-7-17/h3-9H,10-15H2,1-2H3. The summed E-state index contributed by atoms with van der Waals surface area (Å²) in [5.41, 5.74) is 2.15. The van der Waals surface area contributed by atoms with Gasteiger partial charge in [-0.25, -0.2) is 4.98 Å². The van der Waals surface area contributed by atoms with Crippen LogP contribution in [0, 0.1) is 6.92 Å². The molecule has 4 rings (SSSR count). The van der Waals surface area contributed by atoms with Gasteiger partial charge in [-0.3, -0.25) is 4.79 Å². The molecular formula is C22H25N3O2S2. The summed E-state index contributed by atoms with van der Waals surface area (Å²) in [6.07, 6.45) is 0.580. The molecule has 1 saturated heterocycles. The van der Waals surface area contributed by atoms with Crippen LogP contribution in [0.5, 0.6) is 5.75 Å². The molecule has 0 unspecified atom stereocenters. The zero-order chi connectivity index (χ0) is 20.2. The van der Waals surface area contributed by atoms with Crippen LogP contribution >= 0.6 is 23.1 Å². The van der Waals surface area contributed by atoms with Gasteiger partial charge in [-0.2, -0.15) is 0 Å². The Morgan fingerprint density at radius 3 is 2.62 bits per heavy atom. The maximum atomic E-state index is 12.6. The molecular weight excluding hydrogens is 402 g/mol. The number of aryl methyl sites for hydroxylation is 1. The summed E-state index contributed by atoms with van der Waals surface area (Å²) in [6, 6.07) is 14.3. The monoisotopic (exact) mass is 427 g/mol. The number of carbonyl (C=O) groups is 1. The number of thiazole rings is 1. The van der Waals surface area contributed by atoms with Crippen molar-refractivity contribution in [3.05, 3.63) is 48.0 Å². The topological polar surface area (TPSA) is 45.7 Å². The summed E-state index contributed by atoms with van der Waals surface area (Å²) >= 11 is 3.45. The molecule has 0 aliphatic carbocycles. The number of rotatable bonds is 6. The summed E-state index contributed by atoms with van der Waals surface area (Å²) < 4.78 is 6.65. The van der Waals surface area contributed by atoms with Gasteiger partial charge < -0.3 is 14.5 Å². The van der Waals surface area contributed by atoms with Crippen LogP contribution < -0.4 is 9.64 Å². The van der Waals surface area contributed by atoms with E-state index >= 15 is 0 Å². The van der Waals surface area contributed by atoms with Crippen LogP contribution in [0.1, 0.15) is 12.0 Å². The van der Waals surface area contributed by atoms with E-state index in [-0.39, 0.29) is 5.91 Å². The van der Waals surface area contributed by atoms with E-state index in [0.717, 1.165) is 48.3 Å². The second-order valence-electron chi connectivity index (χ2n) is 7.04. The van der Waals surface area contributed by atoms with Crippen molar-refractivity contribution in [3.8, 4) is 5.75 Å². The number of nitrogens with zero attached hydrogens (tertiary/aromatic N) is 3. The number of amides is 1. The maximum absolute atomic E-state index is 12.6. The van der Waals surface area contributed by atoms with E-state index < -0.39 is 0 Å². The first-order chi connectivity index (χ1) is 14.2. The van der Waals surface area contributed by atoms with Gasteiger partial charge in [0.25, 0.3) is 0 Å². The summed E-state index contributed by atoms with van der Waals surface area (Å²) in [7, 11) is 1.68. The number of benzene rings is 2. The molecule has 0 spiro atoms. The van der Waals surface area contributed by atoms with Gasteiger partial charge in [0.1, 0.15) is 11.3 Å². The molecule has 0 N–H and O–H groups in total. The van der Waals surface area contributed by atoms with Gasteiger partial charge in [0, 0.05) is 43.2 Å². The number of ether oxygens (including phenoxy) is 1. The number of carbonyl (C=O) groups excluding carboxylic acids is 1. The third-order valence-electron chi connectivity index (χ3n) is 5.14. The quantitative estimate of drug-likeness (QED) is 0.544. The van der Waals surface area contributed by atoms with Crippen molar-refractivity contribution < 1.29 is 9.53 Å². The fourth-order valence-corrected chi connectivity index (χ4v) is 5.44. The van der Waals surface area contributed by atoms with Gasteiger partial charge in [0.05, 0.1) is 11.8 Å². The van der Waals surface area contributed by atoms with Gasteiger partial charge in [-0.05, 0) is 30.7 Å². The van der Waals surface area contributed by atoms with Crippen LogP contribution in [0.25, 0.3) is 10.2 Å².